The van der Waals surface area contributed by atoms with Gasteiger partial charge in [0, 0.05) is 24.7 Å². The van der Waals surface area contributed by atoms with E-state index in [9.17, 15) is 9.59 Å². The van der Waals surface area contributed by atoms with Crippen LogP contribution in [0.5, 0.6) is 0 Å². The average Bonchev–Trinajstić information content (AvgIpc) is 2.70. The topological polar surface area (TPSA) is 63.4 Å². The number of nitrogens with two attached hydrogens (primary N) is 1. The highest BCUT2D eigenvalue weighted by atomic mass is 16.2. The number of benzene rings is 1. The van der Waals surface area contributed by atoms with E-state index in [1.807, 2.05) is 12.1 Å². The zero-order valence-electron chi connectivity index (χ0n) is 9.19. The van der Waals surface area contributed by atoms with E-state index >= 15 is 0 Å². The lowest BCUT2D eigenvalue weighted by Gasteiger charge is -2.14. The van der Waals surface area contributed by atoms with E-state index in [1.54, 1.807) is 17.9 Å². The van der Waals surface area contributed by atoms with Gasteiger partial charge >= 0.3 is 0 Å². The molecule has 0 bridgehead atoms. The smallest absolute Gasteiger partial charge is 0.223 e. The van der Waals surface area contributed by atoms with Gasteiger partial charge in [-0.3, -0.25) is 9.59 Å². The van der Waals surface area contributed by atoms with E-state index in [1.165, 1.54) is 0 Å². The summed E-state index contributed by atoms with van der Waals surface area (Å²) >= 11 is 0. The standard InChI is InChI=1S/C12H14N2O2/c1-8(15)14-5-4-9-6-10(12(16)7-13)2-3-11(9)14/h2-3,6H,4-5,7,13H2,1H3. The Morgan fingerprint density at radius 1 is 1.44 bits per heavy atom. The third-order valence-electron chi connectivity index (χ3n) is 2.86. The number of carbonyl (C=O) groups excluding carboxylic acids is 2. The summed E-state index contributed by atoms with van der Waals surface area (Å²) in [7, 11) is 0. The summed E-state index contributed by atoms with van der Waals surface area (Å²) < 4.78 is 0. The molecule has 1 heterocycles. The summed E-state index contributed by atoms with van der Waals surface area (Å²) in [5.74, 6) is -0.0271. The molecule has 0 atom stereocenters. The molecule has 0 radical (unpaired) electrons. The lowest BCUT2D eigenvalue weighted by Crippen LogP contribution is -2.25. The van der Waals surface area contributed by atoms with Gasteiger partial charge in [-0.2, -0.15) is 0 Å². The number of ketones is 1. The van der Waals surface area contributed by atoms with Crippen molar-refractivity contribution >= 4 is 17.4 Å². The molecule has 0 unspecified atom stereocenters. The van der Waals surface area contributed by atoms with Crippen molar-refractivity contribution in [1.82, 2.24) is 0 Å². The second kappa shape index (κ2) is 4.06. The third kappa shape index (κ3) is 1.72. The molecule has 0 spiro atoms. The Morgan fingerprint density at radius 3 is 2.81 bits per heavy atom. The molecule has 1 amide bonds. The zero-order valence-corrected chi connectivity index (χ0v) is 9.19. The number of amides is 1. The van der Waals surface area contributed by atoms with Crippen LogP contribution in [0.15, 0.2) is 18.2 Å². The molecule has 84 valence electrons. The van der Waals surface area contributed by atoms with Gasteiger partial charge in [0.05, 0.1) is 6.54 Å². The largest absolute Gasteiger partial charge is 0.324 e. The van der Waals surface area contributed by atoms with Crippen LogP contribution in [0.3, 0.4) is 0 Å². The van der Waals surface area contributed by atoms with Crippen LogP contribution in [-0.4, -0.2) is 24.8 Å². The predicted molar refractivity (Wildman–Crippen MR) is 61.6 cm³/mol. The van der Waals surface area contributed by atoms with E-state index in [0.29, 0.717) is 12.1 Å². The maximum atomic E-state index is 11.4. The predicted octanol–water partition coefficient (Wildman–Crippen LogP) is 0.737. The van der Waals surface area contributed by atoms with Gasteiger partial charge in [0.15, 0.2) is 5.78 Å². The Bertz CT molecular complexity index is 454. The Hall–Kier alpha value is -1.68. The number of anilines is 1. The molecule has 0 fully saturated rings. The molecule has 1 aliphatic rings. The molecule has 0 aliphatic carbocycles. The second-order valence-electron chi connectivity index (χ2n) is 3.89. The number of nitrogens with zero attached hydrogens (tertiary/aromatic N) is 1. The molecule has 0 aromatic heterocycles. The van der Waals surface area contributed by atoms with E-state index < -0.39 is 0 Å². The van der Waals surface area contributed by atoms with Gasteiger partial charge in [0.2, 0.25) is 5.91 Å². The first kappa shape index (κ1) is 10.8. The summed E-state index contributed by atoms with van der Waals surface area (Å²) in [6.45, 7) is 2.27. The zero-order chi connectivity index (χ0) is 11.7. The molecule has 2 N–H and O–H groups in total. The van der Waals surface area contributed by atoms with E-state index in [0.717, 1.165) is 17.7 Å². The van der Waals surface area contributed by atoms with Crippen LogP contribution in [0.25, 0.3) is 0 Å². The molecule has 2 rings (SSSR count). The Labute approximate surface area is 94.0 Å². The van der Waals surface area contributed by atoms with E-state index in [-0.39, 0.29) is 18.2 Å². The first-order valence-corrected chi connectivity index (χ1v) is 5.28. The summed E-state index contributed by atoms with van der Waals surface area (Å²) in [6.07, 6.45) is 0.806. The van der Waals surface area contributed by atoms with Crippen LogP contribution in [0.2, 0.25) is 0 Å². The van der Waals surface area contributed by atoms with E-state index in [2.05, 4.69) is 0 Å². The SMILES string of the molecule is CC(=O)N1CCc2cc(C(=O)CN)ccc21. The van der Waals surface area contributed by atoms with Crippen molar-refractivity contribution in [3.8, 4) is 0 Å². The van der Waals surface area contributed by atoms with E-state index in [4.69, 9.17) is 5.73 Å². The first-order valence-electron chi connectivity index (χ1n) is 5.28. The molecule has 1 aliphatic heterocycles. The molecular formula is C12H14N2O2. The van der Waals surface area contributed by atoms with Crippen molar-refractivity contribution < 1.29 is 9.59 Å². The Kier molecular flexibility index (Phi) is 2.75. The van der Waals surface area contributed by atoms with Gasteiger partial charge < -0.3 is 10.6 Å². The van der Waals surface area contributed by atoms with Gasteiger partial charge in [-0.05, 0) is 30.2 Å². The van der Waals surface area contributed by atoms with Crippen molar-refractivity contribution in [2.45, 2.75) is 13.3 Å². The maximum absolute atomic E-state index is 11.4. The Morgan fingerprint density at radius 2 is 2.19 bits per heavy atom. The molecule has 0 saturated heterocycles. The lowest BCUT2D eigenvalue weighted by molar-refractivity contribution is -0.116. The monoisotopic (exact) mass is 218 g/mol. The van der Waals surface area contributed by atoms with Gasteiger partial charge in [-0.15, -0.1) is 0 Å². The number of Topliss-reactive ketones (excluding diaryl/α,β-unsaturated/α-hetero) is 1. The van der Waals surface area contributed by atoms with Gasteiger partial charge in [-0.25, -0.2) is 0 Å². The number of hydrogen-bond acceptors (Lipinski definition) is 3. The molecule has 1 aromatic carbocycles. The van der Waals surface area contributed by atoms with Crippen LogP contribution in [0, 0.1) is 0 Å². The number of hydrogen-bond donors (Lipinski definition) is 1. The highest BCUT2D eigenvalue weighted by Crippen LogP contribution is 2.28. The fourth-order valence-corrected chi connectivity index (χ4v) is 2.02. The summed E-state index contributed by atoms with van der Waals surface area (Å²) in [4.78, 5) is 24.5. The summed E-state index contributed by atoms with van der Waals surface area (Å²) in [6, 6.07) is 5.40. The van der Waals surface area contributed by atoms with Crippen LogP contribution < -0.4 is 10.6 Å². The molecule has 1 aromatic rings. The molecule has 4 heteroatoms. The lowest BCUT2D eigenvalue weighted by atomic mass is 10.1. The van der Waals surface area contributed by atoms with Crippen LogP contribution in [0.4, 0.5) is 5.69 Å². The second-order valence-corrected chi connectivity index (χ2v) is 3.89. The Balaban J connectivity index is 2.36. The number of fused-ring (bicyclic) bond motifs is 1. The van der Waals surface area contributed by atoms with Crippen LogP contribution in [-0.2, 0) is 11.2 Å². The highest BCUT2D eigenvalue weighted by Gasteiger charge is 2.22. The normalized spacial score (nSPS) is 13.8. The molecule has 16 heavy (non-hydrogen) atoms. The van der Waals surface area contributed by atoms with Crippen LogP contribution in [0.1, 0.15) is 22.8 Å². The third-order valence-corrected chi connectivity index (χ3v) is 2.86. The fraction of sp³-hybridized carbons (Fsp3) is 0.333. The molecule has 4 nitrogen and oxygen atoms in total. The summed E-state index contributed by atoms with van der Waals surface area (Å²) in [5, 5.41) is 0. The van der Waals surface area contributed by atoms with Crippen molar-refractivity contribution in [3.05, 3.63) is 29.3 Å². The minimum absolute atomic E-state index is 0.0230. The van der Waals surface area contributed by atoms with Crippen molar-refractivity contribution in [1.29, 1.82) is 0 Å². The quantitative estimate of drug-likeness (QED) is 0.744. The molecular weight excluding hydrogens is 204 g/mol. The van der Waals surface area contributed by atoms with Gasteiger partial charge in [0.1, 0.15) is 0 Å². The van der Waals surface area contributed by atoms with Crippen molar-refractivity contribution in [2.24, 2.45) is 5.73 Å². The number of rotatable bonds is 2. The number of carbonyl (C=O) groups is 2. The average molecular weight is 218 g/mol. The maximum Gasteiger partial charge on any atom is 0.223 e. The van der Waals surface area contributed by atoms with Crippen molar-refractivity contribution in [2.75, 3.05) is 18.0 Å². The highest BCUT2D eigenvalue weighted by molar-refractivity contribution is 5.99. The van der Waals surface area contributed by atoms with Gasteiger partial charge in [0.25, 0.3) is 0 Å². The minimum Gasteiger partial charge on any atom is -0.324 e. The molecule has 0 saturated carbocycles. The summed E-state index contributed by atoms with van der Waals surface area (Å²) in [5.41, 5.74) is 7.91. The fourth-order valence-electron chi connectivity index (χ4n) is 2.02. The van der Waals surface area contributed by atoms with Gasteiger partial charge in [-0.1, -0.05) is 0 Å². The van der Waals surface area contributed by atoms with Crippen molar-refractivity contribution in [3.63, 3.8) is 0 Å². The minimum atomic E-state index is -0.0657. The first-order chi connectivity index (χ1) is 7.63. The van der Waals surface area contributed by atoms with Crippen LogP contribution >= 0.6 is 0 Å².